The van der Waals surface area contributed by atoms with E-state index in [0.717, 1.165) is 17.8 Å². The van der Waals surface area contributed by atoms with Crippen LogP contribution in [-0.4, -0.2) is 15.6 Å². The van der Waals surface area contributed by atoms with Crippen LogP contribution in [0.4, 0.5) is 11.4 Å². The molecular weight excluding hydrogens is 390 g/mol. The molecule has 1 aliphatic carbocycles. The normalized spacial score (nSPS) is 20.6. The van der Waals surface area contributed by atoms with E-state index in [9.17, 15) is 0 Å². The highest BCUT2D eigenvalue weighted by Crippen LogP contribution is 2.55. The van der Waals surface area contributed by atoms with Crippen molar-refractivity contribution in [1.82, 2.24) is 9.55 Å². The Morgan fingerprint density at radius 2 is 1.62 bits per heavy atom. The molecule has 32 heavy (non-hydrogen) atoms. The van der Waals surface area contributed by atoms with Crippen LogP contribution in [0.3, 0.4) is 0 Å². The fourth-order valence-corrected chi connectivity index (χ4v) is 6.96. The number of aromatic nitrogens is 2. The molecule has 3 aliphatic rings. The van der Waals surface area contributed by atoms with Crippen LogP contribution < -0.4 is 4.90 Å². The van der Waals surface area contributed by atoms with Gasteiger partial charge in [-0.15, -0.1) is 0 Å². The lowest BCUT2D eigenvalue weighted by molar-refractivity contribution is 0.268. The highest BCUT2D eigenvalue weighted by molar-refractivity contribution is 5.88. The first-order chi connectivity index (χ1) is 15.7. The number of rotatable bonds is 1. The fourth-order valence-electron chi connectivity index (χ4n) is 6.96. The van der Waals surface area contributed by atoms with Gasteiger partial charge in [-0.2, -0.15) is 0 Å². The van der Waals surface area contributed by atoms with Gasteiger partial charge in [-0.3, -0.25) is 4.57 Å². The molecule has 1 fully saturated rings. The van der Waals surface area contributed by atoms with Crippen molar-refractivity contribution < 1.29 is 0 Å². The summed E-state index contributed by atoms with van der Waals surface area (Å²) in [5.74, 6) is 1.16. The van der Waals surface area contributed by atoms with Gasteiger partial charge in [0.25, 0.3) is 0 Å². The summed E-state index contributed by atoms with van der Waals surface area (Å²) >= 11 is 0. The molecule has 4 aromatic rings. The third-order valence-electron chi connectivity index (χ3n) is 8.52. The number of hydrogen-bond donors (Lipinski definition) is 0. The largest absolute Gasteiger partial charge is 0.337 e. The van der Waals surface area contributed by atoms with Crippen molar-refractivity contribution >= 4 is 22.4 Å². The van der Waals surface area contributed by atoms with Crippen molar-refractivity contribution in [3.8, 4) is 5.69 Å². The Labute approximate surface area is 189 Å². The zero-order valence-corrected chi connectivity index (χ0v) is 18.9. The SMILES string of the molecule is Cc1cc2nc3n(c2cc1N1c2ccccc2C2(CCCCC2)C1C)-c1ccccc1C3. The van der Waals surface area contributed by atoms with E-state index in [-0.39, 0.29) is 5.41 Å². The number of imidazole rings is 1. The predicted octanol–water partition coefficient (Wildman–Crippen LogP) is 6.98. The van der Waals surface area contributed by atoms with E-state index in [0.29, 0.717) is 6.04 Å². The number of benzene rings is 3. The monoisotopic (exact) mass is 419 g/mol. The van der Waals surface area contributed by atoms with E-state index in [1.54, 1.807) is 5.56 Å². The quantitative estimate of drug-likeness (QED) is 0.292. The van der Waals surface area contributed by atoms with Crippen LogP contribution in [0.5, 0.6) is 0 Å². The molecule has 3 nitrogen and oxygen atoms in total. The van der Waals surface area contributed by atoms with Crippen molar-refractivity contribution in [3.63, 3.8) is 0 Å². The Hall–Kier alpha value is -3.07. The molecule has 3 aromatic carbocycles. The van der Waals surface area contributed by atoms with Crippen LogP contribution in [0.1, 0.15) is 61.5 Å². The van der Waals surface area contributed by atoms with E-state index in [2.05, 4.69) is 84.0 Å². The Bertz CT molecular complexity index is 1370. The van der Waals surface area contributed by atoms with E-state index in [1.807, 2.05) is 0 Å². The average molecular weight is 420 g/mol. The molecule has 0 bridgehead atoms. The summed E-state index contributed by atoms with van der Waals surface area (Å²) in [4.78, 5) is 7.68. The van der Waals surface area contributed by atoms with Crippen molar-refractivity contribution in [2.24, 2.45) is 0 Å². The molecule has 0 radical (unpaired) electrons. The van der Waals surface area contributed by atoms with Crippen LogP contribution >= 0.6 is 0 Å². The van der Waals surface area contributed by atoms with Gasteiger partial charge in [-0.1, -0.05) is 55.7 Å². The van der Waals surface area contributed by atoms with Gasteiger partial charge in [0.05, 0.1) is 16.7 Å². The molecule has 1 saturated carbocycles. The van der Waals surface area contributed by atoms with E-state index in [4.69, 9.17) is 4.98 Å². The molecule has 1 atom stereocenters. The third-order valence-corrected chi connectivity index (χ3v) is 8.52. The highest BCUT2D eigenvalue weighted by atomic mass is 15.2. The Kier molecular flexibility index (Phi) is 3.74. The summed E-state index contributed by atoms with van der Waals surface area (Å²) in [6, 6.07) is 23.1. The summed E-state index contributed by atoms with van der Waals surface area (Å²) in [6.45, 7) is 4.72. The molecular formula is C29H29N3. The highest BCUT2D eigenvalue weighted by Gasteiger charge is 2.49. The average Bonchev–Trinajstić information content (AvgIpc) is 3.42. The molecule has 0 amide bonds. The van der Waals surface area contributed by atoms with Gasteiger partial charge in [0, 0.05) is 29.3 Å². The zero-order chi connectivity index (χ0) is 21.4. The van der Waals surface area contributed by atoms with Crippen LogP contribution in [-0.2, 0) is 11.8 Å². The minimum absolute atomic E-state index is 0.280. The molecule has 1 unspecified atom stereocenters. The first-order valence-electron chi connectivity index (χ1n) is 12.2. The second kappa shape index (κ2) is 6.48. The van der Waals surface area contributed by atoms with Crippen molar-refractivity contribution in [3.05, 3.63) is 83.2 Å². The number of para-hydroxylation sites is 2. The second-order valence-corrected chi connectivity index (χ2v) is 10.1. The van der Waals surface area contributed by atoms with Gasteiger partial charge in [0.1, 0.15) is 5.82 Å². The van der Waals surface area contributed by atoms with Gasteiger partial charge in [-0.25, -0.2) is 4.98 Å². The van der Waals surface area contributed by atoms with Gasteiger partial charge in [0.15, 0.2) is 0 Å². The molecule has 3 heterocycles. The summed E-state index contributed by atoms with van der Waals surface area (Å²) in [5.41, 5.74) is 10.9. The minimum atomic E-state index is 0.280. The molecule has 1 spiro atoms. The number of aryl methyl sites for hydroxylation is 1. The number of nitrogens with zero attached hydrogens (tertiary/aromatic N) is 3. The topological polar surface area (TPSA) is 21.1 Å². The Balaban J connectivity index is 1.44. The standard InChI is InChI=1S/C29H29N3/c1-19-16-23-27(32-24-12-6-4-10-21(24)17-28(32)30-23)18-26(19)31-20(2)29(14-8-3-9-15-29)22-11-5-7-13-25(22)31/h4-7,10-13,16,18,20H,3,8-9,14-15,17H2,1-2H3. The van der Waals surface area contributed by atoms with Crippen LogP contribution in [0, 0.1) is 6.92 Å². The molecule has 2 aliphatic heterocycles. The fraction of sp³-hybridized carbons (Fsp3) is 0.345. The van der Waals surface area contributed by atoms with E-state index in [1.165, 1.54) is 65.8 Å². The number of anilines is 2. The van der Waals surface area contributed by atoms with Crippen molar-refractivity contribution in [1.29, 1.82) is 0 Å². The summed E-state index contributed by atoms with van der Waals surface area (Å²) in [6.07, 6.45) is 7.60. The first kappa shape index (κ1) is 18.5. The van der Waals surface area contributed by atoms with Crippen LogP contribution in [0.2, 0.25) is 0 Å². The molecule has 0 saturated heterocycles. The lowest BCUT2D eigenvalue weighted by Crippen LogP contribution is -2.42. The number of hydrogen-bond acceptors (Lipinski definition) is 2. The van der Waals surface area contributed by atoms with Crippen LogP contribution in [0.15, 0.2) is 60.7 Å². The van der Waals surface area contributed by atoms with Gasteiger partial charge >= 0.3 is 0 Å². The first-order valence-corrected chi connectivity index (χ1v) is 12.2. The molecule has 7 rings (SSSR count). The van der Waals surface area contributed by atoms with Gasteiger partial charge in [-0.05, 0) is 67.6 Å². The summed E-state index contributed by atoms with van der Waals surface area (Å²) in [5, 5.41) is 0. The molecule has 3 heteroatoms. The zero-order valence-electron chi connectivity index (χ0n) is 18.9. The maximum atomic E-state index is 5.03. The maximum Gasteiger partial charge on any atom is 0.118 e. The summed E-state index contributed by atoms with van der Waals surface area (Å²) < 4.78 is 2.39. The predicted molar refractivity (Wildman–Crippen MR) is 131 cm³/mol. The second-order valence-electron chi connectivity index (χ2n) is 10.1. The van der Waals surface area contributed by atoms with Gasteiger partial charge < -0.3 is 4.90 Å². The Morgan fingerprint density at radius 3 is 2.47 bits per heavy atom. The number of fused-ring (bicyclic) bond motifs is 7. The van der Waals surface area contributed by atoms with Gasteiger partial charge in [0.2, 0.25) is 0 Å². The van der Waals surface area contributed by atoms with Crippen molar-refractivity contribution in [2.75, 3.05) is 4.90 Å². The molecule has 1 aromatic heterocycles. The van der Waals surface area contributed by atoms with Crippen LogP contribution in [0.25, 0.3) is 16.7 Å². The lowest BCUT2D eigenvalue weighted by atomic mass is 9.67. The lowest BCUT2D eigenvalue weighted by Gasteiger charge is -2.40. The molecule has 160 valence electrons. The smallest absolute Gasteiger partial charge is 0.118 e. The van der Waals surface area contributed by atoms with E-state index < -0.39 is 0 Å². The van der Waals surface area contributed by atoms with Crippen molar-refractivity contribution in [2.45, 2.75) is 63.8 Å². The minimum Gasteiger partial charge on any atom is -0.337 e. The van der Waals surface area contributed by atoms with E-state index >= 15 is 0 Å². The molecule has 0 N–H and O–H groups in total. The maximum absolute atomic E-state index is 5.03. The summed E-state index contributed by atoms with van der Waals surface area (Å²) in [7, 11) is 0. The third kappa shape index (κ3) is 2.29. The Morgan fingerprint density at radius 1 is 0.875 bits per heavy atom.